The minimum Gasteiger partial charge on any atom is -0.311 e. The minimum absolute atomic E-state index is 0.0223. The SMILES string of the molecule is CCCCCCC(=O)Nc1ccnc(Cl)n1. The van der Waals surface area contributed by atoms with Gasteiger partial charge in [0.1, 0.15) is 5.82 Å². The lowest BCUT2D eigenvalue weighted by Crippen LogP contribution is -2.12. The van der Waals surface area contributed by atoms with Gasteiger partial charge < -0.3 is 5.32 Å². The number of hydrogen-bond donors (Lipinski definition) is 1. The largest absolute Gasteiger partial charge is 0.311 e. The minimum atomic E-state index is -0.0223. The number of nitrogens with one attached hydrogen (secondary N) is 1. The maximum atomic E-state index is 11.5. The molecular formula is C11H16ClN3O. The lowest BCUT2D eigenvalue weighted by atomic mass is 10.1. The van der Waals surface area contributed by atoms with Crippen LogP contribution in [-0.2, 0) is 4.79 Å². The molecule has 1 rings (SSSR count). The third-order valence-electron chi connectivity index (χ3n) is 2.15. The summed E-state index contributed by atoms with van der Waals surface area (Å²) < 4.78 is 0. The smallest absolute Gasteiger partial charge is 0.225 e. The van der Waals surface area contributed by atoms with Crippen molar-refractivity contribution in [3.05, 3.63) is 17.5 Å². The number of anilines is 1. The summed E-state index contributed by atoms with van der Waals surface area (Å²) in [6, 6.07) is 1.62. The van der Waals surface area contributed by atoms with Crippen molar-refractivity contribution in [3.63, 3.8) is 0 Å². The molecule has 0 aliphatic heterocycles. The molecule has 1 aromatic heterocycles. The zero-order valence-electron chi connectivity index (χ0n) is 9.37. The van der Waals surface area contributed by atoms with Gasteiger partial charge in [0.05, 0.1) is 0 Å². The fourth-order valence-corrected chi connectivity index (χ4v) is 1.47. The standard InChI is InChI=1S/C11H16ClN3O/c1-2-3-4-5-6-10(16)14-9-7-8-13-11(12)15-9/h7-8H,2-6H2,1H3,(H,13,14,15,16). The van der Waals surface area contributed by atoms with Crippen molar-refractivity contribution in [3.8, 4) is 0 Å². The normalized spacial score (nSPS) is 10.1. The maximum absolute atomic E-state index is 11.5. The summed E-state index contributed by atoms with van der Waals surface area (Å²) >= 11 is 5.60. The summed E-state index contributed by atoms with van der Waals surface area (Å²) in [6.45, 7) is 2.14. The Bertz CT molecular complexity index is 344. The van der Waals surface area contributed by atoms with Crippen LogP contribution in [0.3, 0.4) is 0 Å². The Kier molecular flexibility index (Phi) is 5.78. The van der Waals surface area contributed by atoms with E-state index < -0.39 is 0 Å². The van der Waals surface area contributed by atoms with E-state index in [-0.39, 0.29) is 11.2 Å². The molecule has 0 aliphatic rings. The summed E-state index contributed by atoms with van der Waals surface area (Å²) in [5.74, 6) is 0.436. The fraction of sp³-hybridized carbons (Fsp3) is 0.545. The number of carbonyl (C=O) groups is 1. The molecular weight excluding hydrogens is 226 g/mol. The second-order valence-corrected chi connectivity index (χ2v) is 3.91. The number of unbranched alkanes of at least 4 members (excludes halogenated alkanes) is 3. The van der Waals surface area contributed by atoms with Gasteiger partial charge in [-0.2, -0.15) is 0 Å². The first-order chi connectivity index (χ1) is 7.72. The summed E-state index contributed by atoms with van der Waals surface area (Å²) in [5.41, 5.74) is 0. The van der Waals surface area contributed by atoms with Crippen LogP contribution in [0.5, 0.6) is 0 Å². The lowest BCUT2D eigenvalue weighted by molar-refractivity contribution is -0.116. The number of amides is 1. The van der Waals surface area contributed by atoms with E-state index in [1.165, 1.54) is 19.0 Å². The molecule has 16 heavy (non-hydrogen) atoms. The van der Waals surface area contributed by atoms with Gasteiger partial charge in [0, 0.05) is 12.6 Å². The molecule has 0 aromatic carbocycles. The molecule has 0 saturated heterocycles. The number of hydrogen-bond acceptors (Lipinski definition) is 3. The predicted molar refractivity (Wildman–Crippen MR) is 64.4 cm³/mol. The highest BCUT2D eigenvalue weighted by Gasteiger charge is 2.03. The number of aromatic nitrogens is 2. The topological polar surface area (TPSA) is 54.9 Å². The molecule has 4 nitrogen and oxygen atoms in total. The Morgan fingerprint density at radius 3 is 2.94 bits per heavy atom. The molecule has 0 saturated carbocycles. The maximum Gasteiger partial charge on any atom is 0.225 e. The van der Waals surface area contributed by atoms with E-state index in [0.717, 1.165) is 12.8 Å². The van der Waals surface area contributed by atoms with Crippen LogP contribution in [0, 0.1) is 0 Å². The van der Waals surface area contributed by atoms with Crippen LogP contribution >= 0.6 is 11.6 Å². The molecule has 1 aromatic rings. The third-order valence-corrected chi connectivity index (χ3v) is 2.33. The number of halogens is 1. The fourth-order valence-electron chi connectivity index (χ4n) is 1.32. The number of carbonyl (C=O) groups excluding carboxylic acids is 1. The van der Waals surface area contributed by atoms with Crippen molar-refractivity contribution in [1.29, 1.82) is 0 Å². The highest BCUT2D eigenvalue weighted by atomic mass is 35.5. The highest BCUT2D eigenvalue weighted by molar-refractivity contribution is 6.28. The molecule has 0 radical (unpaired) electrons. The van der Waals surface area contributed by atoms with Crippen LogP contribution in [0.15, 0.2) is 12.3 Å². The van der Waals surface area contributed by atoms with Crippen molar-refractivity contribution in [2.24, 2.45) is 0 Å². The summed E-state index contributed by atoms with van der Waals surface area (Å²) in [5, 5.41) is 2.83. The van der Waals surface area contributed by atoms with Crippen LogP contribution in [0.2, 0.25) is 5.28 Å². The molecule has 0 unspecified atom stereocenters. The van der Waals surface area contributed by atoms with Crippen molar-refractivity contribution in [2.75, 3.05) is 5.32 Å². The van der Waals surface area contributed by atoms with Gasteiger partial charge in [-0.15, -0.1) is 0 Å². The van der Waals surface area contributed by atoms with Gasteiger partial charge in [0.15, 0.2) is 0 Å². The summed E-state index contributed by atoms with van der Waals surface area (Å²) in [7, 11) is 0. The van der Waals surface area contributed by atoms with Crippen LogP contribution in [-0.4, -0.2) is 15.9 Å². The van der Waals surface area contributed by atoms with E-state index >= 15 is 0 Å². The predicted octanol–water partition coefficient (Wildman–Crippen LogP) is 3.04. The van der Waals surface area contributed by atoms with E-state index in [9.17, 15) is 4.79 Å². The first kappa shape index (κ1) is 12.9. The Labute approximate surface area is 100 Å². The van der Waals surface area contributed by atoms with E-state index in [4.69, 9.17) is 11.6 Å². The van der Waals surface area contributed by atoms with Crippen LogP contribution < -0.4 is 5.32 Å². The quantitative estimate of drug-likeness (QED) is 0.615. The summed E-state index contributed by atoms with van der Waals surface area (Å²) in [4.78, 5) is 19.1. The second-order valence-electron chi connectivity index (χ2n) is 3.57. The van der Waals surface area contributed by atoms with E-state index in [1.807, 2.05) is 0 Å². The van der Waals surface area contributed by atoms with Crippen molar-refractivity contribution in [1.82, 2.24) is 9.97 Å². The second kappa shape index (κ2) is 7.17. The molecule has 1 amide bonds. The van der Waals surface area contributed by atoms with E-state index in [1.54, 1.807) is 6.07 Å². The Morgan fingerprint density at radius 2 is 2.25 bits per heavy atom. The Morgan fingerprint density at radius 1 is 1.44 bits per heavy atom. The van der Waals surface area contributed by atoms with Crippen LogP contribution in [0.1, 0.15) is 39.0 Å². The van der Waals surface area contributed by atoms with Gasteiger partial charge in [-0.25, -0.2) is 9.97 Å². The molecule has 5 heteroatoms. The van der Waals surface area contributed by atoms with Gasteiger partial charge in [0.2, 0.25) is 11.2 Å². The van der Waals surface area contributed by atoms with Gasteiger partial charge in [-0.1, -0.05) is 26.2 Å². The van der Waals surface area contributed by atoms with Crippen LogP contribution in [0.4, 0.5) is 5.82 Å². The van der Waals surface area contributed by atoms with Crippen molar-refractivity contribution >= 4 is 23.3 Å². The summed E-state index contributed by atoms with van der Waals surface area (Å²) in [6.07, 6.45) is 6.40. The molecule has 88 valence electrons. The molecule has 0 spiro atoms. The molecule has 0 atom stereocenters. The molecule has 0 aliphatic carbocycles. The molecule has 0 bridgehead atoms. The van der Waals surface area contributed by atoms with E-state index in [0.29, 0.717) is 12.2 Å². The average molecular weight is 242 g/mol. The lowest BCUT2D eigenvalue weighted by Gasteiger charge is -2.03. The Hall–Kier alpha value is -1.16. The number of nitrogens with zero attached hydrogens (tertiary/aromatic N) is 2. The first-order valence-electron chi connectivity index (χ1n) is 5.50. The van der Waals surface area contributed by atoms with Crippen molar-refractivity contribution < 1.29 is 4.79 Å². The molecule has 1 heterocycles. The number of rotatable bonds is 6. The van der Waals surface area contributed by atoms with Crippen LogP contribution in [0.25, 0.3) is 0 Å². The average Bonchev–Trinajstić information content (AvgIpc) is 2.24. The molecule has 0 fully saturated rings. The first-order valence-corrected chi connectivity index (χ1v) is 5.88. The van der Waals surface area contributed by atoms with Crippen molar-refractivity contribution in [2.45, 2.75) is 39.0 Å². The zero-order valence-corrected chi connectivity index (χ0v) is 10.1. The van der Waals surface area contributed by atoms with Gasteiger partial charge in [0.25, 0.3) is 0 Å². The zero-order chi connectivity index (χ0) is 11.8. The van der Waals surface area contributed by atoms with Gasteiger partial charge in [-0.05, 0) is 24.1 Å². The highest BCUT2D eigenvalue weighted by Crippen LogP contribution is 2.08. The molecule has 1 N–H and O–H groups in total. The Balaban J connectivity index is 2.29. The van der Waals surface area contributed by atoms with Gasteiger partial charge >= 0.3 is 0 Å². The van der Waals surface area contributed by atoms with E-state index in [2.05, 4.69) is 22.2 Å². The third kappa shape index (κ3) is 5.07. The monoisotopic (exact) mass is 241 g/mol. The van der Waals surface area contributed by atoms with Gasteiger partial charge in [-0.3, -0.25) is 4.79 Å².